The smallest absolute Gasteiger partial charge is 0.387 e. The monoisotopic (exact) mass is 251 g/mol. The van der Waals surface area contributed by atoms with Crippen LogP contribution in [0.15, 0.2) is 24.3 Å². The minimum absolute atomic E-state index is 0.139. The summed E-state index contributed by atoms with van der Waals surface area (Å²) in [5.41, 5.74) is -1.41. The molecule has 1 atom stereocenters. The van der Waals surface area contributed by atoms with Gasteiger partial charge >= 0.3 is 6.61 Å². The van der Waals surface area contributed by atoms with Crippen molar-refractivity contribution in [1.29, 1.82) is 0 Å². The fraction of sp³-hybridized carbons (Fsp3) is 0.455. The van der Waals surface area contributed by atoms with Crippen LogP contribution >= 0.6 is 0 Å². The summed E-state index contributed by atoms with van der Waals surface area (Å²) in [4.78, 5) is 0. The summed E-state index contributed by atoms with van der Waals surface area (Å²) in [5.74, 6) is -0.139. The number of hydrogen-bond donors (Lipinski definition) is 1. The predicted molar refractivity (Wildman–Crippen MR) is 55.5 cm³/mol. The van der Waals surface area contributed by atoms with E-state index in [2.05, 4.69) is 10.1 Å². The molecule has 1 aromatic rings. The Kier molecular flexibility index (Phi) is 4.34. The molecule has 0 bridgehead atoms. The van der Waals surface area contributed by atoms with Gasteiger partial charge in [0.15, 0.2) is 0 Å². The van der Waals surface area contributed by atoms with Gasteiger partial charge in [0.2, 0.25) is 0 Å². The third-order valence-corrected chi connectivity index (χ3v) is 2.61. The lowest BCUT2D eigenvalue weighted by molar-refractivity contribution is -0.0500. The second-order valence-corrected chi connectivity index (χ2v) is 3.66. The molecule has 0 spiro atoms. The zero-order valence-corrected chi connectivity index (χ0v) is 9.38. The van der Waals surface area contributed by atoms with Crippen LogP contribution in [0.25, 0.3) is 0 Å². The molecule has 1 unspecified atom stereocenters. The van der Waals surface area contributed by atoms with E-state index in [1.165, 1.54) is 38.2 Å². The first kappa shape index (κ1) is 13.8. The minimum Gasteiger partial charge on any atom is -0.435 e. The molecule has 0 heterocycles. The third-order valence-electron chi connectivity index (χ3n) is 2.61. The first-order valence-electron chi connectivity index (χ1n) is 4.92. The molecule has 1 N–H and O–H groups in total. The Morgan fingerprint density at radius 1 is 1.24 bits per heavy atom. The number of alkyl halides is 4. The molecule has 0 fully saturated rings. The standard InChI is InChI=1S/C11H13F4NO/c1-11(16-2,9(12)13)7-4-3-5-8(6-7)17-10(14)15/h3-6,9-10,16H,1-2H3. The van der Waals surface area contributed by atoms with Gasteiger partial charge in [-0.3, -0.25) is 0 Å². The molecule has 0 aromatic heterocycles. The third kappa shape index (κ3) is 3.09. The number of benzene rings is 1. The highest BCUT2D eigenvalue weighted by molar-refractivity contribution is 5.33. The first-order valence-corrected chi connectivity index (χ1v) is 4.92. The summed E-state index contributed by atoms with van der Waals surface area (Å²) < 4.78 is 54.0. The predicted octanol–water partition coefficient (Wildman–Crippen LogP) is 2.99. The van der Waals surface area contributed by atoms with E-state index >= 15 is 0 Å². The van der Waals surface area contributed by atoms with Crippen LogP contribution in [0.3, 0.4) is 0 Å². The maximum absolute atomic E-state index is 12.9. The minimum atomic E-state index is -2.97. The average molecular weight is 251 g/mol. The number of nitrogens with one attached hydrogen (secondary N) is 1. The highest BCUT2D eigenvalue weighted by Gasteiger charge is 2.35. The van der Waals surface area contributed by atoms with E-state index in [0.29, 0.717) is 0 Å². The van der Waals surface area contributed by atoms with Crippen molar-refractivity contribution in [3.8, 4) is 5.75 Å². The summed E-state index contributed by atoms with van der Waals surface area (Å²) in [6.07, 6.45) is -2.67. The van der Waals surface area contributed by atoms with Gasteiger partial charge in [-0.05, 0) is 31.7 Å². The van der Waals surface area contributed by atoms with Crippen LogP contribution in [0.5, 0.6) is 5.75 Å². The van der Waals surface area contributed by atoms with Crippen LogP contribution in [0, 0.1) is 0 Å². The molecule has 2 nitrogen and oxygen atoms in total. The van der Waals surface area contributed by atoms with Crippen molar-refractivity contribution < 1.29 is 22.3 Å². The normalized spacial score (nSPS) is 15.1. The van der Waals surface area contributed by atoms with Gasteiger partial charge in [-0.25, -0.2) is 8.78 Å². The Morgan fingerprint density at radius 3 is 2.35 bits per heavy atom. The molecule has 0 radical (unpaired) electrons. The van der Waals surface area contributed by atoms with E-state index in [1.807, 2.05) is 0 Å². The fourth-order valence-corrected chi connectivity index (χ4v) is 1.37. The lowest BCUT2D eigenvalue weighted by Crippen LogP contribution is -2.43. The van der Waals surface area contributed by atoms with E-state index < -0.39 is 18.6 Å². The van der Waals surface area contributed by atoms with Crippen molar-refractivity contribution >= 4 is 0 Å². The van der Waals surface area contributed by atoms with Crippen LogP contribution in [0.2, 0.25) is 0 Å². The molecule has 1 aromatic carbocycles. The van der Waals surface area contributed by atoms with Gasteiger partial charge in [-0.15, -0.1) is 0 Å². The van der Waals surface area contributed by atoms with E-state index in [-0.39, 0.29) is 11.3 Å². The van der Waals surface area contributed by atoms with Crippen molar-refractivity contribution in [3.63, 3.8) is 0 Å². The summed E-state index contributed by atoms with van der Waals surface area (Å²) in [6.45, 7) is -1.68. The van der Waals surface area contributed by atoms with Crippen molar-refractivity contribution in [3.05, 3.63) is 29.8 Å². The van der Waals surface area contributed by atoms with E-state index in [4.69, 9.17) is 0 Å². The van der Waals surface area contributed by atoms with Crippen molar-refractivity contribution in [2.75, 3.05) is 7.05 Å². The number of hydrogen-bond acceptors (Lipinski definition) is 2. The molecule has 17 heavy (non-hydrogen) atoms. The first-order chi connectivity index (χ1) is 7.90. The summed E-state index contributed by atoms with van der Waals surface area (Å²) in [7, 11) is 1.38. The fourth-order valence-electron chi connectivity index (χ4n) is 1.37. The number of halogens is 4. The highest BCUT2D eigenvalue weighted by Crippen LogP contribution is 2.30. The molecule has 0 aliphatic carbocycles. The quantitative estimate of drug-likeness (QED) is 0.812. The van der Waals surface area contributed by atoms with E-state index in [1.54, 1.807) is 0 Å². The van der Waals surface area contributed by atoms with Crippen LogP contribution in [-0.4, -0.2) is 20.1 Å². The van der Waals surface area contributed by atoms with Crippen molar-refractivity contribution in [2.45, 2.75) is 25.5 Å². The molecule has 0 amide bonds. The second-order valence-electron chi connectivity index (χ2n) is 3.66. The molecule has 0 aliphatic heterocycles. The zero-order chi connectivity index (χ0) is 13.1. The molecule has 6 heteroatoms. The van der Waals surface area contributed by atoms with Gasteiger partial charge in [0.25, 0.3) is 6.43 Å². The van der Waals surface area contributed by atoms with Crippen molar-refractivity contribution in [1.82, 2.24) is 5.32 Å². The zero-order valence-electron chi connectivity index (χ0n) is 9.38. The highest BCUT2D eigenvalue weighted by atomic mass is 19.3. The lowest BCUT2D eigenvalue weighted by atomic mass is 9.92. The molecule has 1 rings (SSSR count). The summed E-state index contributed by atoms with van der Waals surface area (Å²) in [5, 5.41) is 2.48. The van der Waals surface area contributed by atoms with E-state index in [0.717, 1.165) is 0 Å². The van der Waals surface area contributed by atoms with Gasteiger partial charge in [0.05, 0.1) is 0 Å². The Morgan fingerprint density at radius 2 is 1.88 bits per heavy atom. The second kappa shape index (κ2) is 5.35. The molecule has 96 valence electrons. The van der Waals surface area contributed by atoms with Crippen LogP contribution in [-0.2, 0) is 5.54 Å². The van der Waals surface area contributed by atoms with Crippen LogP contribution in [0.4, 0.5) is 17.6 Å². The lowest BCUT2D eigenvalue weighted by Gasteiger charge is -2.29. The van der Waals surface area contributed by atoms with Crippen molar-refractivity contribution in [2.24, 2.45) is 0 Å². The van der Waals surface area contributed by atoms with E-state index in [9.17, 15) is 17.6 Å². The SMILES string of the molecule is CNC(C)(c1cccc(OC(F)F)c1)C(F)F. The molecule has 0 aliphatic rings. The Labute approximate surface area is 96.6 Å². The Bertz CT molecular complexity index is 372. The largest absolute Gasteiger partial charge is 0.435 e. The van der Waals surface area contributed by atoms with Crippen LogP contribution in [0.1, 0.15) is 12.5 Å². The van der Waals surface area contributed by atoms with Gasteiger partial charge in [-0.2, -0.15) is 8.78 Å². The maximum Gasteiger partial charge on any atom is 0.387 e. The summed E-state index contributed by atoms with van der Waals surface area (Å²) in [6, 6.07) is 5.29. The van der Waals surface area contributed by atoms with Gasteiger partial charge in [0.1, 0.15) is 11.3 Å². The molecule has 0 saturated heterocycles. The Hall–Kier alpha value is -1.30. The number of ether oxygens (including phenoxy) is 1. The topological polar surface area (TPSA) is 21.3 Å². The molecular formula is C11H13F4NO. The Balaban J connectivity index is 3.05. The molecule has 0 saturated carbocycles. The number of rotatable bonds is 5. The maximum atomic E-state index is 12.9. The van der Waals surface area contributed by atoms with Gasteiger partial charge in [-0.1, -0.05) is 12.1 Å². The summed E-state index contributed by atoms with van der Waals surface area (Å²) >= 11 is 0. The van der Waals surface area contributed by atoms with Gasteiger partial charge in [0, 0.05) is 0 Å². The average Bonchev–Trinajstić information content (AvgIpc) is 2.27. The van der Waals surface area contributed by atoms with Gasteiger partial charge < -0.3 is 10.1 Å². The molecular weight excluding hydrogens is 238 g/mol. The van der Waals surface area contributed by atoms with Crippen LogP contribution < -0.4 is 10.1 Å².